The number of rotatable bonds is 7. The lowest BCUT2D eigenvalue weighted by Gasteiger charge is -2.60. The topological polar surface area (TPSA) is 62.2 Å². The number of benzene rings is 2. The predicted octanol–water partition coefficient (Wildman–Crippen LogP) is 4.95. The van der Waals surface area contributed by atoms with Crippen LogP contribution in [0.2, 0.25) is 0 Å². The van der Waals surface area contributed by atoms with Gasteiger partial charge in [0, 0.05) is 38.7 Å². The molecule has 2 aromatic carbocycles. The monoisotopic (exact) mass is 478 g/mol. The van der Waals surface area contributed by atoms with Gasteiger partial charge in [0.05, 0.1) is 5.60 Å². The fourth-order valence-corrected chi connectivity index (χ4v) is 6.49. The molecule has 188 valence electrons. The SMILES string of the molecule is CO[C@]12CC[C@@H](N(C)C(=O)OCc3ccccc3)C[C@]1(c1cccc(O)c1)CCN(CC1CC1)C2. The first kappa shape index (κ1) is 24.1. The fourth-order valence-electron chi connectivity index (χ4n) is 6.49. The second-order valence-corrected chi connectivity index (χ2v) is 10.8. The molecule has 2 aliphatic carbocycles. The number of phenolic OH excluding ortho intramolecular Hbond substituents is 1. The normalized spacial score (nSPS) is 28.8. The maximum atomic E-state index is 13.0. The van der Waals surface area contributed by atoms with Crippen molar-refractivity contribution in [1.29, 1.82) is 0 Å². The zero-order valence-corrected chi connectivity index (χ0v) is 21.0. The summed E-state index contributed by atoms with van der Waals surface area (Å²) < 4.78 is 12.1. The number of carbonyl (C=O) groups is 1. The van der Waals surface area contributed by atoms with Crippen LogP contribution in [0.1, 0.15) is 49.7 Å². The summed E-state index contributed by atoms with van der Waals surface area (Å²) in [6.45, 7) is 3.32. The van der Waals surface area contributed by atoms with E-state index < -0.39 is 0 Å². The predicted molar refractivity (Wildman–Crippen MR) is 135 cm³/mol. The van der Waals surface area contributed by atoms with Crippen LogP contribution in [-0.2, 0) is 21.5 Å². The molecule has 3 atom stereocenters. The minimum atomic E-state index is -0.348. The van der Waals surface area contributed by atoms with Gasteiger partial charge in [-0.3, -0.25) is 0 Å². The number of hydrogen-bond acceptors (Lipinski definition) is 5. The second kappa shape index (κ2) is 9.82. The third-order valence-electron chi connectivity index (χ3n) is 8.72. The molecule has 5 rings (SSSR count). The van der Waals surface area contributed by atoms with Crippen molar-refractivity contribution >= 4 is 6.09 Å². The lowest BCUT2D eigenvalue weighted by Crippen LogP contribution is -2.68. The first-order valence-electron chi connectivity index (χ1n) is 13.0. The number of likely N-dealkylation sites (tertiary alicyclic amines) is 1. The van der Waals surface area contributed by atoms with Gasteiger partial charge in [0.15, 0.2) is 0 Å². The number of carbonyl (C=O) groups excluding carboxylic acids is 1. The first-order chi connectivity index (χ1) is 16.9. The van der Waals surface area contributed by atoms with Crippen LogP contribution in [0.5, 0.6) is 5.75 Å². The average molecular weight is 479 g/mol. The smallest absolute Gasteiger partial charge is 0.410 e. The lowest BCUT2D eigenvalue weighted by atomic mass is 9.55. The Bertz CT molecular complexity index is 1030. The maximum Gasteiger partial charge on any atom is 0.410 e. The van der Waals surface area contributed by atoms with Crippen molar-refractivity contribution in [2.24, 2.45) is 5.92 Å². The van der Waals surface area contributed by atoms with E-state index in [4.69, 9.17) is 9.47 Å². The summed E-state index contributed by atoms with van der Waals surface area (Å²) in [5.41, 5.74) is 1.47. The van der Waals surface area contributed by atoms with Gasteiger partial charge in [-0.2, -0.15) is 0 Å². The number of fused-ring (bicyclic) bond motifs is 1. The van der Waals surface area contributed by atoms with Crippen molar-refractivity contribution in [3.63, 3.8) is 0 Å². The summed E-state index contributed by atoms with van der Waals surface area (Å²) >= 11 is 0. The number of nitrogens with zero attached hydrogens (tertiary/aromatic N) is 2. The number of methoxy groups -OCH3 is 1. The number of ether oxygens (including phenoxy) is 2. The summed E-state index contributed by atoms with van der Waals surface area (Å²) in [6, 6.07) is 17.5. The number of hydrogen-bond donors (Lipinski definition) is 1. The molecule has 0 unspecified atom stereocenters. The van der Waals surface area contributed by atoms with Crippen molar-refractivity contribution in [2.45, 2.75) is 62.2 Å². The van der Waals surface area contributed by atoms with Crippen LogP contribution in [-0.4, -0.2) is 66.4 Å². The van der Waals surface area contributed by atoms with Gasteiger partial charge in [-0.25, -0.2) is 4.79 Å². The van der Waals surface area contributed by atoms with Crippen molar-refractivity contribution in [1.82, 2.24) is 9.80 Å². The average Bonchev–Trinajstić information content (AvgIpc) is 3.71. The molecule has 3 aliphatic rings. The summed E-state index contributed by atoms with van der Waals surface area (Å²) in [6.07, 6.45) is 5.85. The highest BCUT2D eigenvalue weighted by Crippen LogP contribution is 2.54. The van der Waals surface area contributed by atoms with E-state index in [1.807, 2.05) is 56.6 Å². The Morgan fingerprint density at radius 3 is 2.63 bits per heavy atom. The Balaban J connectivity index is 1.38. The maximum absolute atomic E-state index is 13.0. The molecule has 1 amide bonds. The number of aromatic hydroxyl groups is 1. The van der Waals surface area contributed by atoms with Crippen LogP contribution >= 0.6 is 0 Å². The molecule has 3 fully saturated rings. The summed E-state index contributed by atoms with van der Waals surface area (Å²) in [7, 11) is 3.70. The van der Waals surface area contributed by atoms with E-state index >= 15 is 0 Å². The van der Waals surface area contributed by atoms with Gasteiger partial charge in [0.1, 0.15) is 12.4 Å². The highest BCUT2D eigenvalue weighted by atomic mass is 16.6. The minimum absolute atomic E-state index is 0.0406. The van der Waals surface area contributed by atoms with E-state index in [0.29, 0.717) is 0 Å². The Kier molecular flexibility index (Phi) is 6.78. The summed E-state index contributed by atoms with van der Waals surface area (Å²) in [5, 5.41) is 10.4. The van der Waals surface area contributed by atoms with Crippen molar-refractivity contribution < 1.29 is 19.4 Å². The largest absolute Gasteiger partial charge is 0.508 e. The molecule has 6 heteroatoms. The molecule has 0 spiro atoms. The van der Waals surface area contributed by atoms with Crippen LogP contribution in [0.15, 0.2) is 54.6 Å². The Morgan fingerprint density at radius 2 is 1.91 bits per heavy atom. The van der Waals surface area contributed by atoms with Gasteiger partial charge in [-0.15, -0.1) is 0 Å². The van der Waals surface area contributed by atoms with Gasteiger partial charge < -0.3 is 24.4 Å². The first-order valence-corrected chi connectivity index (χ1v) is 13.0. The fraction of sp³-hybridized carbons (Fsp3) is 0.552. The second-order valence-electron chi connectivity index (χ2n) is 10.8. The lowest BCUT2D eigenvalue weighted by molar-refractivity contribution is -0.154. The summed E-state index contributed by atoms with van der Waals surface area (Å²) in [5.74, 6) is 1.11. The van der Waals surface area contributed by atoms with Gasteiger partial charge in [0.2, 0.25) is 0 Å². The van der Waals surface area contributed by atoms with Gasteiger partial charge >= 0.3 is 6.09 Å². The molecule has 1 saturated heterocycles. The van der Waals surface area contributed by atoms with E-state index in [0.717, 1.165) is 62.4 Å². The van der Waals surface area contributed by atoms with Crippen LogP contribution < -0.4 is 0 Å². The van der Waals surface area contributed by atoms with Crippen LogP contribution in [0.3, 0.4) is 0 Å². The Hall–Kier alpha value is -2.57. The molecule has 35 heavy (non-hydrogen) atoms. The van der Waals surface area contributed by atoms with Crippen LogP contribution in [0.25, 0.3) is 0 Å². The zero-order chi connectivity index (χ0) is 24.5. The highest BCUT2D eigenvalue weighted by molar-refractivity contribution is 5.67. The molecular weight excluding hydrogens is 440 g/mol. The molecule has 2 saturated carbocycles. The molecular formula is C29H38N2O4. The van der Waals surface area contributed by atoms with Gasteiger partial charge in [-0.1, -0.05) is 42.5 Å². The molecule has 1 aliphatic heterocycles. The quantitative estimate of drug-likeness (QED) is 0.610. The molecule has 0 aromatic heterocycles. The Morgan fingerprint density at radius 1 is 1.11 bits per heavy atom. The molecule has 6 nitrogen and oxygen atoms in total. The molecule has 0 radical (unpaired) electrons. The van der Waals surface area contributed by atoms with Crippen molar-refractivity contribution in [2.75, 3.05) is 33.8 Å². The van der Waals surface area contributed by atoms with Crippen LogP contribution in [0.4, 0.5) is 4.79 Å². The number of phenols is 1. The van der Waals surface area contributed by atoms with Crippen LogP contribution in [0, 0.1) is 5.92 Å². The zero-order valence-electron chi connectivity index (χ0n) is 21.0. The van der Waals surface area contributed by atoms with Gasteiger partial charge in [0.25, 0.3) is 0 Å². The van der Waals surface area contributed by atoms with E-state index in [1.54, 1.807) is 11.0 Å². The van der Waals surface area contributed by atoms with E-state index in [-0.39, 0.29) is 35.5 Å². The third-order valence-corrected chi connectivity index (χ3v) is 8.72. The van der Waals surface area contributed by atoms with Crippen molar-refractivity contribution in [3.8, 4) is 5.75 Å². The van der Waals surface area contributed by atoms with Crippen molar-refractivity contribution in [3.05, 3.63) is 65.7 Å². The molecule has 1 N–H and O–H groups in total. The summed E-state index contributed by atoms with van der Waals surface area (Å²) in [4.78, 5) is 17.4. The van der Waals surface area contributed by atoms with E-state index in [9.17, 15) is 9.90 Å². The van der Waals surface area contributed by atoms with Gasteiger partial charge in [-0.05, 0) is 74.2 Å². The minimum Gasteiger partial charge on any atom is -0.508 e. The Labute approximate surface area is 208 Å². The third kappa shape index (κ3) is 4.78. The molecule has 2 aromatic rings. The number of piperidine rings is 1. The standard InChI is InChI=1S/C29H38N2O4/c1-30(27(33)35-20-23-7-4-3-5-8-23)25-13-14-29(34-2)21-31(19-22-11-12-22)16-15-28(29,18-25)24-9-6-10-26(32)17-24/h3-10,17,22,25,32H,11-16,18-21H2,1-2H3/t25-,28+,29+/m1/s1. The van der Waals surface area contributed by atoms with E-state index in [1.165, 1.54) is 12.8 Å². The molecule has 1 heterocycles. The number of amides is 1. The highest BCUT2D eigenvalue weighted by Gasteiger charge is 2.59. The molecule has 0 bridgehead atoms. The van der Waals surface area contributed by atoms with E-state index in [2.05, 4.69) is 11.0 Å².